The topological polar surface area (TPSA) is 46.9 Å². The Hall–Kier alpha value is -1.84. The molecule has 0 aliphatic carbocycles. The third-order valence-corrected chi connectivity index (χ3v) is 1.99. The van der Waals surface area contributed by atoms with E-state index in [2.05, 4.69) is 10.5 Å². The van der Waals surface area contributed by atoms with Crippen LogP contribution in [0, 0.1) is 6.92 Å². The molecular formula is C10H11N3O. The Morgan fingerprint density at radius 1 is 1.50 bits per heavy atom. The molecule has 0 saturated heterocycles. The highest BCUT2D eigenvalue weighted by Gasteiger charge is 2.02. The molecule has 72 valence electrons. The Labute approximate surface area is 81.5 Å². The van der Waals surface area contributed by atoms with Gasteiger partial charge in [-0.2, -0.15) is 9.89 Å². The van der Waals surface area contributed by atoms with E-state index in [0.717, 1.165) is 16.5 Å². The molecule has 0 saturated carbocycles. The van der Waals surface area contributed by atoms with Gasteiger partial charge in [0.1, 0.15) is 0 Å². The number of rotatable bonds is 1. The summed E-state index contributed by atoms with van der Waals surface area (Å²) in [5.74, 6) is -0.128. The largest absolute Gasteiger partial charge is 0.274 e. The van der Waals surface area contributed by atoms with Crippen molar-refractivity contribution in [3.05, 3.63) is 30.0 Å². The van der Waals surface area contributed by atoms with Crippen LogP contribution in [0.1, 0.15) is 12.5 Å². The molecule has 2 aromatic rings. The number of fused-ring (bicyclic) bond motifs is 1. The molecule has 1 amide bonds. The molecule has 1 aromatic carbocycles. The number of nitrogens with zero attached hydrogens (tertiary/aromatic N) is 2. The molecule has 0 fully saturated rings. The van der Waals surface area contributed by atoms with Crippen molar-refractivity contribution in [2.45, 2.75) is 13.8 Å². The number of carbonyl (C=O) groups excluding carboxylic acids is 1. The average molecular weight is 189 g/mol. The number of amides is 1. The van der Waals surface area contributed by atoms with Gasteiger partial charge in [-0.15, -0.1) is 0 Å². The molecule has 0 aliphatic heterocycles. The average Bonchev–Trinajstić information content (AvgIpc) is 2.47. The molecule has 1 aromatic heterocycles. The van der Waals surface area contributed by atoms with E-state index >= 15 is 0 Å². The zero-order chi connectivity index (χ0) is 10.1. The summed E-state index contributed by atoms with van der Waals surface area (Å²) in [6.45, 7) is 3.47. The lowest BCUT2D eigenvalue weighted by Crippen LogP contribution is -2.20. The van der Waals surface area contributed by atoms with Crippen molar-refractivity contribution in [2.24, 2.45) is 0 Å². The van der Waals surface area contributed by atoms with Crippen molar-refractivity contribution in [3.63, 3.8) is 0 Å². The van der Waals surface area contributed by atoms with Gasteiger partial charge in [0.2, 0.25) is 5.91 Å². The van der Waals surface area contributed by atoms with Crippen LogP contribution < -0.4 is 5.43 Å². The van der Waals surface area contributed by atoms with Crippen LogP contribution in [-0.4, -0.2) is 15.8 Å². The second kappa shape index (κ2) is 3.14. The van der Waals surface area contributed by atoms with Gasteiger partial charge in [-0.05, 0) is 18.6 Å². The van der Waals surface area contributed by atoms with Gasteiger partial charge in [0.15, 0.2) is 0 Å². The monoisotopic (exact) mass is 189 g/mol. The normalized spacial score (nSPS) is 10.4. The fourth-order valence-electron chi connectivity index (χ4n) is 1.37. The Bertz CT molecular complexity index is 487. The van der Waals surface area contributed by atoms with Gasteiger partial charge in [0.05, 0.1) is 11.7 Å². The number of hydrogen-bond donors (Lipinski definition) is 1. The van der Waals surface area contributed by atoms with Gasteiger partial charge in [0, 0.05) is 12.3 Å². The van der Waals surface area contributed by atoms with Crippen molar-refractivity contribution in [1.29, 1.82) is 0 Å². The summed E-state index contributed by atoms with van der Waals surface area (Å²) in [7, 11) is 0. The van der Waals surface area contributed by atoms with Gasteiger partial charge in [0.25, 0.3) is 0 Å². The summed E-state index contributed by atoms with van der Waals surface area (Å²) in [5.41, 5.74) is 4.68. The zero-order valence-electron chi connectivity index (χ0n) is 8.11. The van der Waals surface area contributed by atoms with Crippen molar-refractivity contribution >= 4 is 16.8 Å². The van der Waals surface area contributed by atoms with Crippen LogP contribution in [0.25, 0.3) is 10.9 Å². The van der Waals surface area contributed by atoms with Crippen molar-refractivity contribution in [2.75, 3.05) is 5.43 Å². The van der Waals surface area contributed by atoms with Crippen LogP contribution in [0.5, 0.6) is 0 Å². The van der Waals surface area contributed by atoms with E-state index in [9.17, 15) is 4.79 Å². The third kappa shape index (κ3) is 1.46. The summed E-state index contributed by atoms with van der Waals surface area (Å²) in [6, 6.07) is 5.98. The van der Waals surface area contributed by atoms with E-state index < -0.39 is 0 Å². The van der Waals surface area contributed by atoms with Crippen LogP contribution in [-0.2, 0) is 4.79 Å². The molecule has 1 heterocycles. The Morgan fingerprint density at radius 3 is 3.00 bits per heavy atom. The second-order valence-electron chi connectivity index (χ2n) is 3.29. The van der Waals surface area contributed by atoms with E-state index in [1.54, 1.807) is 6.20 Å². The van der Waals surface area contributed by atoms with Gasteiger partial charge >= 0.3 is 0 Å². The fraction of sp³-hybridized carbons (Fsp3) is 0.200. The second-order valence-corrected chi connectivity index (χ2v) is 3.29. The van der Waals surface area contributed by atoms with Crippen LogP contribution >= 0.6 is 0 Å². The van der Waals surface area contributed by atoms with Crippen LogP contribution in [0.15, 0.2) is 24.4 Å². The van der Waals surface area contributed by atoms with Crippen LogP contribution in [0.3, 0.4) is 0 Å². The summed E-state index contributed by atoms with van der Waals surface area (Å²) in [6.07, 6.45) is 1.73. The predicted molar refractivity (Wildman–Crippen MR) is 54.5 cm³/mol. The van der Waals surface area contributed by atoms with E-state index in [-0.39, 0.29) is 5.91 Å². The van der Waals surface area contributed by atoms with E-state index in [4.69, 9.17) is 0 Å². The first-order valence-corrected chi connectivity index (χ1v) is 4.39. The van der Waals surface area contributed by atoms with E-state index in [1.165, 1.54) is 11.7 Å². The molecule has 0 aliphatic rings. The number of carbonyl (C=O) groups is 1. The summed E-state index contributed by atoms with van der Waals surface area (Å²) in [5, 5.41) is 5.08. The lowest BCUT2D eigenvalue weighted by atomic mass is 10.2. The molecular weight excluding hydrogens is 178 g/mol. The van der Waals surface area contributed by atoms with Gasteiger partial charge in [-0.25, -0.2) is 5.43 Å². The summed E-state index contributed by atoms with van der Waals surface area (Å²) < 4.78 is 0. The van der Waals surface area contributed by atoms with Gasteiger partial charge in [-0.3, -0.25) is 4.79 Å². The maximum Gasteiger partial charge on any atom is 0.236 e. The third-order valence-electron chi connectivity index (χ3n) is 1.99. The Balaban J connectivity index is 2.55. The molecule has 0 atom stereocenters. The molecule has 0 unspecified atom stereocenters. The molecule has 4 heteroatoms. The lowest BCUT2D eigenvalue weighted by Gasteiger charge is -2.02. The number of hydrogen-bond acceptors (Lipinski definition) is 2. The molecule has 1 N–H and O–H groups in total. The first-order valence-electron chi connectivity index (χ1n) is 4.39. The summed E-state index contributed by atoms with van der Waals surface area (Å²) >= 11 is 0. The van der Waals surface area contributed by atoms with Crippen molar-refractivity contribution in [3.8, 4) is 0 Å². The van der Waals surface area contributed by atoms with Gasteiger partial charge in [-0.1, -0.05) is 12.1 Å². The lowest BCUT2D eigenvalue weighted by molar-refractivity contribution is -0.115. The Kier molecular flexibility index (Phi) is 1.96. The van der Waals surface area contributed by atoms with Crippen molar-refractivity contribution < 1.29 is 4.79 Å². The van der Waals surface area contributed by atoms with Gasteiger partial charge < -0.3 is 0 Å². The fourth-order valence-corrected chi connectivity index (χ4v) is 1.37. The SMILES string of the molecule is CC(=O)Nn1ncc2ccc(C)cc21. The highest BCUT2D eigenvalue weighted by molar-refractivity contribution is 5.85. The molecule has 4 nitrogen and oxygen atoms in total. The number of benzene rings is 1. The number of aromatic nitrogens is 2. The zero-order valence-corrected chi connectivity index (χ0v) is 8.11. The highest BCUT2D eigenvalue weighted by atomic mass is 16.2. The van der Waals surface area contributed by atoms with Crippen LogP contribution in [0.2, 0.25) is 0 Å². The molecule has 0 spiro atoms. The van der Waals surface area contributed by atoms with E-state index in [1.807, 2.05) is 25.1 Å². The maximum absolute atomic E-state index is 10.9. The minimum absolute atomic E-state index is 0.128. The summed E-state index contributed by atoms with van der Waals surface area (Å²) in [4.78, 5) is 12.4. The first kappa shape index (κ1) is 8.74. The minimum atomic E-state index is -0.128. The molecule has 2 rings (SSSR count). The minimum Gasteiger partial charge on any atom is -0.274 e. The number of aryl methyl sites for hydroxylation is 1. The predicted octanol–water partition coefficient (Wildman–Crippen LogP) is 1.43. The van der Waals surface area contributed by atoms with Crippen molar-refractivity contribution in [1.82, 2.24) is 9.89 Å². The first-order chi connectivity index (χ1) is 6.66. The van der Waals surface area contributed by atoms with Crippen LogP contribution in [0.4, 0.5) is 0 Å². The molecule has 0 radical (unpaired) electrons. The molecule has 0 bridgehead atoms. The number of nitrogens with one attached hydrogen (secondary N) is 1. The Morgan fingerprint density at radius 2 is 2.29 bits per heavy atom. The quantitative estimate of drug-likeness (QED) is 0.737. The highest BCUT2D eigenvalue weighted by Crippen LogP contribution is 2.13. The standard InChI is InChI=1S/C10H11N3O/c1-7-3-4-9-6-11-13(10(9)5-7)12-8(2)14/h3-6H,1-2H3,(H,12,14). The maximum atomic E-state index is 10.9. The smallest absolute Gasteiger partial charge is 0.236 e. The van der Waals surface area contributed by atoms with E-state index in [0.29, 0.717) is 0 Å². The molecule has 14 heavy (non-hydrogen) atoms.